The van der Waals surface area contributed by atoms with Gasteiger partial charge in [0.05, 0.1) is 12.3 Å². The van der Waals surface area contributed by atoms with Gasteiger partial charge in [-0.25, -0.2) is 8.78 Å². The van der Waals surface area contributed by atoms with Gasteiger partial charge in [0, 0.05) is 29.8 Å². The van der Waals surface area contributed by atoms with Gasteiger partial charge >= 0.3 is 0 Å². The van der Waals surface area contributed by atoms with E-state index in [1.54, 1.807) is 0 Å². The third kappa shape index (κ3) is 3.76. The fourth-order valence-corrected chi connectivity index (χ4v) is 1.50. The molecule has 0 aliphatic carbocycles. The molecule has 0 aromatic carbocycles. The molecular formula is C10H15ClF2N2O2. The minimum Gasteiger partial charge on any atom is -0.506 e. The first kappa shape index (κ1) is 16.0. The van der Waals surface area contributed by atoms with Crippen LogP contribution in [0.5, 0.6) is 5.75 Å². The molecule has 17 heavy (non-hydrogen) atoms. The van der Waals surface area contributed by atoms with Crippen LogP contribution in [0, 0.1) is 6.92 Å². The molecule has 0 amide bonds. The Morgan fingerprint density at radius 3 is 2.53 bits per heavy atom. The largest absolute Gasteiger partial charge is 0.506 e. The van der Waals surface area contributed by atoms with Crippen LogP contribution in [-0.2, 0) is 6.61 Å². The number of hydrogen-bond donors (Lipinski definition) is 3. The predicted octanol–water partition coefficient (Wildman–Crippen LogP) is 1.66. The van der Waals surface area contributed by atoms with E-state index in [2.05, 4.69) is 4.98 Å². The topological polar surface area (TPSA) is 79.4 Å². The summed E-state index contributed by atoms with van der Waals surface area (Å²) in [4.78, 5) is 3.82. The monoisotopic (exact) mass is 268 g/mol. The molecule has 0 bridgehead atoms. The summed E-state index contributed by atoms with van der Waals surface area (Å²) >= 11 is 0. The van der Waals surface area contributed by atoms with Crippen LogP contribution < -0.4 is 5.73 Å². The maximum Gasteiger partial charge on any atom is 0.240 e. The van der Waals surface area contributed by atoms with Crippen LogP contribution in [0.15, 0.2) is 6.20 Å². The first-order chi connectivity index (χ1) is 7.47. The van der Waals surface area contributed by atoms with Crippen molar-refractivity contribution in [2.24, 2.45) is 5.73 Å². The molecule has 0 saturated heterocycles. The number of pyridine rings is 1. The van der Waals surface area contributed by atoms with Gasteiger partial charge < -0.3 is 15.9 Å². The highest BCUT2D eigenvalue weighted by Crippen LogP contribution is 2.31. The van der Waals surface area contributed by atoms with Gasteiger partial charge in [-0.1, -0.05) is 0 Å². The second-order valence-electron chi connectivity index (χ2n) is 3.52. The Bertz CT molecular complexity index is 378. The maximum absolute atomic E-state index is 12.2. The number of aliphatic hydroxyl groups is 1. The molecule has 0 aliphatic rings. The van der Waals surface area contributed by atoms with Gasteiger partial charge in [0.1, 0.15) is 5.75 Å². The summed E-state index contributed by atoms with van der Waals surface area (Å²) in [5.41, 5.74) is 6.29. The highest BCUT2D eigenvalue weighted by molar-refractivity contribution is 5.85. The van der Waals surface area contributed by atoms with Crippen molar-refractivity contribution in [3.63, 3.8) is 0 Å². The minimum absolute atomic E-state index is 0. The fraction of sp³-hybridized carbons (Fsp3) is 0.500. The van der Waals surface area contributed by atoms with E-state index < -0.39 is 25.5 Å². The summed E-state index contributed by atoms with van der Waals surface area (Å²) in [6, 6.07) is -1.01. The molecule has 1 aromatic heterocycles. The van der Waals surface area contributed by atoms with Crippen LogP contribution in [0.4, 0.5) is 8.78 Å². The second-order valence-corrected chi connectivity index (χ2v) is 3.52. The zero-order valence-electron chi connectivity index (χ0n) is 9.23. The van der Waals surface area contributed by atoms with Gasteiger partial charge in [0.15, 0.2) is 0 Å². The number of halogens is 3. The minimum atomic E-state index is -2.56. The van der Waals surface area contributed by atoms with E-state index in [0.717, 1.165) is 0 Å². The first-order valence-electron chi connectivity index (χ1n) is 4.79. The lowest BCUT2D eigenvalue weighted by Gasteiger charge is -2.17. The SMILES string of the molecule is Cc1ncc(CO)c([C@@H](N)CC(F)F)c1O.Cl. The standard InChI is InChI=1S/C10H14F2N2O2.ClH/c1-5-10(16)9(6(4-15)3-14-5)7(13)2-8(11)12;/h3,7-8,15-16H,2,4,13H2,1H3;1H/t7-;/m0./s1. The molecule has 0 saturated carbocycles. The Hall–Kier alpha value is -0.980. The number of alkyl halides is 2. The fourth-order valence-electron chi connectivity index (χ4n) is 1.50. The van der Waals surface area contributed by atoms with E-state index in [-0.39, 0.29) is 29.3 Å². The molecule has 4 N–H and O–H groups in total. The molecule has 1 rings (SSSR count). The van der Waals surface area contributed by atoms with Gasteiger partial charge in [0.2, 0.25) is 6.43 Å². The highest BCUT2D eigenvalue weighted by Gasteiger charge is 2.21. The van der Waals surface area contributed by atoms with Gasteiger partial charge in [-0.05, 0) is 6.92 Å². The smallest absolute Gasteiger partial charge is 0.240 e. The average Bonchev–Trinajstić information content (AvgIpc) is 2.20. The summed E-state index contributed by atoms with van der Waals surface area (Å²) in [7, 11) is 0. The summed E-state index contributed by atoms with van der Waals surface area (Å²) < 4.78 is 24.4. The van der Waals surface area contributed by atoms with Gasteiger partial charge in [-0.2, -0.15) is 0 Å². The van der Waals surface area contributed by atoms with Gasteiger partial charge in [-0.3, -0.25) is 4.98 Å². The number of rotatable bonds is 4. The molecule has 0 radical (unpaired) electrons. The molecule has 1 aromatic rings. The van der Waals surface area contributed by atoms with Crippen molar-refractivity contribution < 1.29 is 19.0 Å². The highest BCUT2D eigenvalue weighted by atomic mass is 35.5. The molecule has 0 unspecified atom stereocenters. The number of hydrogen-bond acceptors (Lipinski definition) is 4. The van der Waals surface area contributed by atoms with Crippen molar-refractivity contribution in [3.05, 3.63) is 23.0 Å². The zero-order valence-corrected chi connectivity index (χ0v) is 10.0. The molecule has 7 heteroatoms. The van der Waals surface area contributed by atoms with Crippen molar-refractivity contribution >= 4 is 12.4 Å². The van der Waals surface area contributed by atoms with E-state index in [4.69, 9.17) is 10.8 Å². The quantitative estimate of drug-likeness (QED) is 0.776. The van der Waals surface area contributed by atoms with Crippen molar-refractivity contribution in [2.75, 3.05) is 0 Å². The Kier molecular flexibility index (Phi) is 6.30. The lowest BCUT2D eigenvalue weighted by atomic mass is 9.99. The summed E-state index contributed by atoms with van der Waals surface area (Å²) in [5, 5.41) is 18.7. The molecule has 0 spiro atoms. The Morgan fingerprint density at radius 1 is 1.47 bits per heavy atom. The average molecular weight is 269 g/mol. The Morgan fingerprint density at radius 2 is 2.06 bits per heavy atom. The molecule has 1 atom stereocenters. The summed E-state index contributed by atoms with van der Waals surface area (Å²) in [6.45, 7) is 1.14. The van der Waals surface area contributed by atoms with Crippen LogP contribution in [0.1, 0.15) is 29.3 Å². The number of nitrogens with two attached hydrogens (primary N) is 1. The third-order valence-electron chi connectivity index (χ3n) is 2.33. The number of aliphatic hydroxyl groups excluding tert-OH is 1. The van der Waals surface area contributed by atoms with Crippen LogP contribution in [0.2, 0.25) is 0 Å². The zero-order chi connectivity index (χ0) is 12.3. The maximum atomic E-state index is 12.2. The second kappa shape index (κ2) is 6.68. The molecule has 98 valence electrons. The van der Waals surface area contributed by atoms with Crippen molar-refractivity contribution in [1.29, 1.82) is 0 Å². The number of nitrogens with zero attached hydrogens (tertiary/aromatic N) is 1. The van der Waals surface area contributed by atoms with E-state index in [9.17, 15) is 13.9 Å². The predicted molar refractivity (Wildman–Crippen MR) is 61.4 cm³/mol. The first-order valence-corrected chi connectivity index (χ1v) is 4.79. The number of aromatic nitrogens is 1. The molecule has 1 heterocycles. The van der Waals surface area contributed by atoms with Crippen molar-refractivity contribution in [2.45, 2.75) is 32.4 Å². The normalized spacial score (nSPS) is 12.4. The number of aromatic hydroxyl groups is 1. The number of aryl methyl sites for hydroxylation is 1. The lowest BCUT2D eigenvalue weighted by Crippen LogP contribution is -2.17. The van der Waals surface area contributed by atoms with Crippen molar-refractivity contribution in [1.82, 2.24) is 4.98 Å². The van der Waals surface area contributed by atoms with Gasteiger partial charge in [-0.15, -0.1) is 12.4 Å². The van der Waals surface area contributed by atoms with E-state index in [0.29, 0.717) is 5.69 Å². The molecular weight excluding hydrogens is 254 g/mol. The molecule has 4 nitrogen and oxygen atoms in total. The molecule has 0 aliphatic heterocycles. The van der Waals surface area contributed by atoms with Gasteiger partial charge in [0.25, 0.3) is 0 Å². The van der Waals surface area contributed by atoms with Crippen molar-refractivity contribution in [3.8, 4) is 5.75 Å². The van der Waals surface area contributed by atoms with E-state index in [1.807, 2.05) is 0 Å². The van der Waals surface area contributed by atoms with Crippen LogP contribution >= 0.6 is 12.4 Å². The summed E-state index contributed by atoms with van der Waals surface area (Å²) in [6.07, 6.45) is -1.80. The Labute approximate surface area is 104 Å². The van der Waals surface area contributed by atoms with E-state index in [1.165, 1.54) is 13.1 Å². The van der Waals surface area contributed by atoms with Crippen LogP contribution in [0.3, 0.4) is 0 Å². The van der Waals surface area contributed by atoms with Crippen LogP contribution in [-0.4, -0.2) is 21.6 Å². The molecule has 0 fully saturated rings. The van der Waals surface area contributed by atoms with Crippen LogP contribution in [0.25, 0.3) is 0 Å². The van der Waals surface area contributed by atoms with E-state index >= 15 is 0 Å². The Balaban J connectivity index is 0.00000256. The lowest BCUT2D eigenvalue weighted by molar-refractivity contribution is 0.127. The third-order valence-corrected chi connectivity index (χ3v) is 2.33. The summed E-state index contributed by atoms with van der Waals surface area (Å²) in [5.74, 6) is -0.222.